The van der Waals surface area contributed by atoms with E-state index in [2.05, 4.69) is 0 Å². The number of ether oxygens (including phenoxy) is 2. The van der Waals surface area contributed by atoms with Crippen molar-refractivity contribution < 1.29 is 34.4 Å². The number of carbonyl (C=O) groups excluding carboxylic acids is 2. The van der Waals surface area contributed by atoms with E-state index in [0.717, 1.165) is 12.8 Å². The van der Waals surface area contributed by atoms with Gasteiger partial charge in [0.2, 0.25) is 0 Å². The molecule has 0 radical (unpaired) electrons. The second-order valence-corrected chi connectivity index (χ2v) is 5.66. The number of aliphatic hydroxyl groups is 3. The lowest BCUT2D eigenvalue weighted by Gasteiger charge is -2.28. The molecule has 0 aromatic carbocycles. The van der Waals surface area contributed by atoms with Crippen molar-refractivity contribution in [2.45, 2.75) is 51.2 Å². The molecule has 0 amide bonds. The van der Waals surface area contributed by atoms with Gasteiger partial charge in [-0.05, 0) is 19.3 Å². The second kappa shape index (κ2) is 9.76. The Balaban J connectivity index is 2.54. The summed E-state index contributed by atoms with van der Waals surface area (Å²) < 4.78 is 10.0. The highest BCUT2D eigenvalue weighted by atomic mass is 16.6. The SMILES string of the molecule is CCC(O)COC(=O)C1CCCCC1C(=O)OCC(O)CO. The van der Waals surface area contributed by atoms with Crippen LogP contribution in [0.4, 0.5) is 0 Å². The minimum Gasteiger partial charge on any atom is -0.463 e. The molecule has 128 valence electrons. The summed E-state index contributed by atoms with van der Waals surface area (Å²) in [5.41, 5.74) is 0. The van der Waals surface area contributed by atoms with Crippen LogP contribution in [-0.4, -0.2) is 59.3 Å². The van der Waals surface area contributed by atoms with Crippen LogP contribution in [0.25, 0.3) is 0 Å². The molecular formula is C15H26O7. The van der Waals surface area contributed by atoms with E-state index in [1.807, 2.05) is 0 Å². The summed E-state index contributed by atoms with van der Waals surface area (Å²) in [6, 6.07) is 0. The highest BCUT2D eigenvalue weighted by molar-refractivity contribution is 5.82. The maximum atomic E-state index is 12.1. The number of rotatable bonds is 8. The predicted octanol–water partition coefficient (Wildman–Crippen LogP) is 0.00330. The Kier molecular flexibility index (Phi) is 8.37. The van der Waals surface area contributed by atoms with E-state index >= 15 is 0 Å². The predicted molar refractivity (Wildman–Crippen MR) is 76.8 cm³/mol. The molecule has 0 bridgehead atoms. The van der Waals surface area contributed by atoms with Crippen molar-refractivity contribution in [1.82, 2.24) is 0 Å². The second-order valence-electron chi connectivity index (χ2n) is 5.66. The van der Waals surface area contributed by atoms with Gasteiger partial charge in [0.05, 0.1) is 24.5 Å². The van der Waals surface area contributed by atoms with E-state index in [4.69, 9.17) is 14.6 Å². The maximum Gasteiger partial charge on any atom is 0.309 e. The average Bonchev–Trinajstić information content (AvgIpc) is 2.56. The topological polar surface area (TPSA) is 113 Å². The molecule has 1 saturated carbocycles. The van der Waals surface area contributed by atoms with Gasteiger partial charge in [-0.3, -0.25) is 9.59 Å². The minimum atomic E-state index is -1.11. The Hall–Kier alpha value is -1.18. The molecule has 0 aromatic rings. The molecule has 1 aliphatic carbocycles. The van der Waals surface area contributed by atoms with Crippen LogP contribution >= 0.6 is 0 Å². The molecular weight excluding hydrogens is 292 g/mol. The number of aliphatic hydroxyl groups excluding tert-OH is 3. The van der Waals surface area contributed by atoms with Crippen LogP contribution in [0.15, 0.2) is 0 Å². The molecule has 0 aliphatic heterocycles. The molecule has 0 aromatic heterocycles. The van der Waals surface area contributed by atoms with Gasteiger partial charge in [-0.15, -0.1) is 0 Å². The number of hydrogen-bond acceptors (Lipinski definition) is 7. The number of carbonyl (C=O) groups is 2. The normalized spacial score (nSPS) is 24.4. The fourth-order valence-corrected chi connectivity index (χ4v) is 2.44. The van der Waals surface area contributed by atoms with E-state index in [1.54, 1.807) is 6.92 Å². The van der Waals surface area contributed by atoms with Gasteiger partial charge < -0.3 is 24.8 Å². The lowest BCUT2D eigenvalue weighted by Crippen LogP contribution is -2.37. The fraction of sp³-hybridized carbons (Fsp3) is 0.867. The van der Waals surface area contributed by atoms with Crippen LogP contribution in [0.5, 0.6) is 0 Å². The Morgan fingerprint density at radius 1 is 1.00 bits per heavy atom. The summed E-state index contributed by atoms with van der Waals surface area (Å²) >= 11 is 0. The van der Waals surface area contributed by atoms with Gasteiger partial charge in [0.15, 0.2) is 0 Å². The molecule has 7 nitrogen and oxygen atoms in total. The Labute approximate surface area is 130 Å². The summed E-state index contributed by atoms with van der Waals surface area (Å²) in [7, 11) is 0. The third-order valence-electron chi connectivity index (χ3n) is 3.89. The first kappa shape index (κ1) is 18.9. The van der Waals surface area contributed by atoms with Crippen molar-refractivity contribution >= 4 is 11.9 Å². The molecule has 1 aliphatic rings. The smallest absolute Gasteiger partial charge is 0.309 e. The molecule has 0 saturated heterocycles. The third-order valence-corrected chi connectivity index (χ3v) is 3.89. The first-order valence-electron chi connectivity index (χ1n) is 7.79. The molecule has 1 fully saturated rings. The summed E-state index contributed by atoms with van der Waals surface area (Å²) in [4.78, 5) is 24.2. The lowest BCUT2D eigenvalue weighted by atomic mass is 9.79. The van der Waals surface area contributed by atoms with Gasteiger partial charge in [0, 0.05) is 0 Å². The Bertz CT molecular complexity index is 324. The fourth-order valence-electron chi connectivity index (χ4n) is 2.44. The van der Waals surface area contributed by atoms with Crippen LogP contribution in [0.1, 0.15) is 39.0 Å². The van der Waals surface area contributed by atoms with Crippen LogP contribution in [0, 0.1) is 11.8 Å². The van der Waals surface area contributed by atoms with Gasteiger partial charge >= 0.3 is 11.9 Å². The van der Waals surface area contributed by atoms with Gasteiger partial charge in [-0.1, -0.05) is 19.8 Å². The van der Waals surface area contributed by atoms with E-state index in [0.29, 0.717) is 19.3 Å². The zero-order chi connectivity index (χ0) is 16.5. The van der Waals surface area contributed by atoms with E-state index in [9.17, 15) is 19.8 Å². The number of hydrogen-bond donors (Lipinski definition) is 3. The molecule has 4 unspecified atom stereocenters. The van der Waals surface area contributed by atoms with E-state index in [1.165, 1.54) is 0 Å². The molecule has 22 heavy (non-hydrogen) atoms. The van der Waals surface area contributed by atoms with E-state index < -0.39 is 42.6 Å². The third kappa shape index (κ3) is 5.90. The zero-order valence-corrected chi connectivity index (χ0v) is 12.9. The lowest BCUT2D eigenvalue weighted by molar-refractivity contribution is -0.166. The monoisotopic (exact) mass is 318 g/mol. The molecule has 7 heteroatoms. The number of esters is 2. The highest BCUT2D eigenvalue weighted by Crippen LogP contribution is 2.32. The molecule has 3 N–H and O–H groups in total. The Morgan fingerprint density at radius 3 is 1.86 bits per heavy atom. The highest BCUT2D eigenvalue weighted by Gasteiger charge is 2.38. The first-order valence-corrected chi connectivity index (χ1v) is 7.79. The van der Waals surface area contributed by atoms with Gasteiger partial charge in [-0.2, -0.15) is 0 Å². The van der Waals surface area contributed by atoms with Gasteiger partial charge in [0.1, 0.15) is 19.3 Å². The van der Waals surface area contributed by atoms with Crippen molar-refractivity contribution in [3.05, 3.63) is 0 Å². The van der Waals surface area contributed by atoms with Gasteiger partial charge in [0.25, 0.3) is 0 Å². The van der Waals surface area contributed by atoms with Crippen molar-refractivity contribution in [2.24, 2.45) is 11.8 Å². The molecule has 4 atom stereocenters. The maximum absolute atomic E-state index is 12.1. The summed E-state index contributed by atoms with van der Waals surface area (Å²) in [6.45, 7) is 0.934. The van der Waals surface area contributed by atoms with Crippen molar-refractivity contribution in [2.75, 3.05) is 19.8 Å². The van der Waals surface area contributed by atoms with Crippen molar-refractivity contribution in [1.29, 1.82) is 0 Å². The quantitative estimate of drug-likeness (QED) is 0.540. The van der Waals surface area contributed by atoms with Crippen molar-refractivity contribution in [3.63, 3.8) is 0 Å². The average molecular weight is 318 g/mol. The minimum absolute atomic E-state index is 0.0726. The van der Waals surface area contributed by atoms with Crippen LogP contribution in [0.3, 0.4) is 0 Å². The molecule has 0 spiro atoms. The molecule has 0 heterocycles. The summed E-state index contributed by atoms with van der Waals surface area (Å²) in [5, 5.41) is 27.3. The summed E-state index contributed by atoms with van der Waals surface area (Å²) in [6.07, 6.45) is 1.41. The van der Waals surface area contributed by atoms with Crippen molar-refractivity contribution in [3.8, 4) is 0 Å². The van der Waals surface area contributed by atoms with Crippen LogP contribution in [0.2, 0.25) is 0 Å². The Morgan fingerprint density at radius 2 is 1.45 bits per heavy atom. The zero-order valence-electron chi connectivity index (χ0n) is 12.9. The summed E-state index contributed by atoms with van der Waals surface area (Å²) in [5.74, 6) is -2.20. The van der Waals surface area contributed by atoms with Crippen LogP contribution < -0.4 is 0 Å². The van der Waals surface area contributed by atoms with Gasteiger partial charge in [-0.25, -0.2) is 0 Å². The molecule has 1 rings (SSSR count). The first-order chi connectivity index (χ1) is 10.5. The van der Waals surface area contributed by atoms with Crippen LogP contribution in [-0.2, 0) is 19.1 Å². The largest absolute Gasteiger partial charge is 0.463 e. The van der Waals surface area contributed by atoms with E-state index in [-0.39, 0.29) is 13.2 Å². The standard InChI is InChI=1S/C15H26O7/c1-2-10(17)8-21-14(19)12-5-3-4-6-13(12)15(20)22-9-11(18)7-16/h10-13,16-18H,2-9H2,1H3.